The van der Waals surface area contributed by atoms with Crippen molar-refractivity contribution >= 4 is 27.5 Å². The number of hydrogen-bond donors (Lipinski definition) is 1. The third kappa shape index (κ3) is 7.55. The summed E-state index contributed by atoms with van der Waals surface area (Å²) in [5.41, 5.74) is 1.21. The molecule has 0 saturated heterocycles. The average Bonchev–Trinajstić information content (AvgIpc) is 2.70. The Labute approximate surface area is 176 Å². The molecule has 2 rings (SSSR count). The van der Waals surface area contributed by atoms with Crippen LogP contribution in [0.2, 0.25) is 0 Å². The van der Waals surface area contributed by atoms with Gasteiger partial charge in [0.1, 0.15) is 11.5 Å². The number of benzene rings is 2. The molecule has 152 valence electrons. The summed E-state index contributed by atoms with van der Waals surface area (Å²) < 4.78 is 12.4. The van der Waals surface area contributed by atoms with Gasteiger partial charge in [0.15, 0.2) is 0 Å². The van der Waals surface area contributed by atoms with E-state index in [1.54, 1.807) is 6.07 Å². The first kappa shape index (κ1) is 22.3. The molecule has 0 bridgehead atoms. The van der Waals surface area contributed by atoms with Crippen LogP contribution in [0, 0.1) is 0 Å². The van der Waals surface area contributed by atoms with Crippen LogP contribution in [0.15, 0.2) is 46.9 Å². The van der Waals surface area contributed by atoms with Crippen molar-refractivity contribution in [3.8, 4) is 11.5 Å². The maximum absolute atomic E-state index is 12.8. The highest BCUT2D eigenvalue weighted by atomic mass is 79.9. The van der Waals surface area contributed by atoms with Gasteiger partial charge in [-0.3, -0.25) is 4.79 Å². The van der Waals surface area contributed by atoms with Crippen LogP contribution in [-0.2, 0) is 0 Å². The van der Waals surface area contributed by atoms with Gasteiger partial charge in [-0.05, 0) is 43.2 Å². The lowest BCUT2D eigenvalue weighted by atomic mass is 10.1. The molecule has 0 aliphatic heterocycles. The number of unbranched alkanes of at least 4 members (excludes halogenated alkanes) is 4. The molecule has 0 aliphatic rings. The molecule has 2 aromatic carbocycles. The quantitative estimate of drug-likeness (QED) is 0.362. The lowest BCUT2D eigenvalue weighted by molar-refractivity contribution is 0.102. The Hall–Kier alpha value is -2.01. The molecular formula is C23H30BrNO3. The predicted molar refractivity (Wildman–Crippen MR) is 119 cm³/mol. The Morgan fingerprint density at radius 3 is 2.54 bits per heavy atom. The van der Waals surface area contributed by atoms with Gasteiger partial charge in [0.05, 0.1) is 18.8 Å². The molecule has 0 spiro atoms. The smallest absolute Gasteiger partial charge is 0.259 e. The second-order valence-electron chi connectivity index (χ2n) is 6.73. The summed E-state index contributed by atoms with van der Waals surface area (Å²) in [6.07, 6.45) is 6.90. The molecule has 4 nitrogen and oxygen atoms in total. The molecule has 0 aliphatic carbocycles. The second-order valence-corrected chi connectivity index (χ2v) is 7.65. The zero-order valence-corrected chi connectivity index (χ0v) is 18.4. The van der Waals surface area contributed by atoms with Gasteiger partial charge in [0.2, 0.25) is 0 Å². The lowest BCUT2D eigenvalue weighted by Crippen LogP contribution is -2.14. The van der Waals surface area contributed by atoms with Gasteiger partial charge in [-0.15, -0.1) is 0 Å². The van der Waals surface area contributed by atoms with E-state index in [4.69, 9.17) is 9.47 Å². The Kier molecular flexibility index (Phi) is 9.91. The van der Waals surface area contributed by atoms with E-state index < -0.39 is 0 Å². The maximum Gasteiger partial charge on any atom is 0.259 e. The molecule has 0 unspecified atom stereocenters. The Morgan fingerprint density at radius 2 is 1.75 bits per heavy atom. The second kappa shape index (κ2) is 12.4. The number of rotatable bonds is 12. The molecule has 0 heterocycles. The molecule has 0 fully saturated rings. The molecule has 28 heavy (non-hydrogen) atoms. The van der Waals surface area contributed by atoms with Crippen molar-refractivity contribution in [1.82, 2.24) is 0 Å². The minimum atomic E-state index is -0.205. The van der Waals surface area contributed by atoms with Gasteiger partial charge in [0, 0.05) is 16.2 Å². The van der Waals surface area contributed by atoms with E-state index in [-0.39, 0.29) is 5.91 Å². The number of hydrogen-bond acceptors (Lipinski definition) is 3. The van der Waals surface area contributed by atoms with Crippen molar-refractivity contribution in [3.05, 3.63) is 52.5 Å². The van der Waals surface area contributed by atoms with Gasteiger partial charge < -0.3 is 14.8 Å². The zero-order valence-electron chi connectivity index (χ0n) is 16.8. The number of nitrogens with one attached hydrogen (secondary N) is 1. The highest BCUT2D eigenvalue weighted by Gasteiger charge is 2.14. The number of carbonyl (C=O) groups is 1. The molecule has 0 saturated carbocycles. The fraction of sp³-hybridized carbons (Fsp3) is 0.435. The fourth-order valence-electron chi connectivity index (χ4n) is 2.78. The van der Waals surface area contributed by atoms with Crippen molar-refractivity contribution in [2.45, 2.75) is 52.4 Å². The number of ether oxygens (including phenoxy) is 2. The standard InChI is InChI=1S/C23H30BrNO3/c1-3-5-6-7-8-15-27-20-11-9-10-19(17-20)25-23(26)21-16-18(24)12-13-22(21)28-14-4-2/h9-13,16-17H,3-8,14-15H2,1-2H3,(H,25,26). The topological polar surface area (TPSA) is 47.6 Å². The Morgan fingerprint density at radius 1 is 0.929 bits per heavy atom. The fourth-order valence-corrected chi connectivity index (χ4v) is 3.14. The van der Waals surface area contributed by atoms with Crippen molar-refractivity contribution in [2.24, 2.45) is 0 Å². The number of anilines is 1. The van der Waals surface area contributed by atoms with Crippen LogP contribution in [0.4, 0.5) is 5.69 Å². The van der Waals surface area contributed by atoms with Crippen molar-refractivity contribution in [3.63, 3.8) is 0 Å². The largest absolute Gasteiger partial charge is 0.494 e. The first-order valence-corrected chi connectivity index (χ1v) is 10.9. The van der Waals surface area contributed by atoms with Crippen LogP contribution in [0.5, 0.6) is 11.5 Å². The van der Waals surface area contributed by atoms with Crippen molar-refractivity contribution < 1.29 is 14.3 Å². The third-order valence-electron chi connectivity index (χ3n) is 4.26. The average molecular weight is 448 g/mol. The molecule has 1 amide bonds. The van der Waals surface area contributed by atoms with Crippen molar-refractivity contribution in [2.75, 3.05) is 18.5 Å². The van der Waals surface area contributed by atoms with Gasteiger partial charge >= 0.3 is 0 Å². The highest BCUT2D eigenvalue weighted by molar-refractivity contribution is 9.10. The lowest BCUT2D eigenvalue weighted by Gasteiger charge is -2.13. The zero-order chi connectivity index (χ0) is 20.2. The summed E-state index contributed by atoms with van der Waals surface area (Å²) in [4.78, 5) is 12.8. The van der Waals surface area contributed by atoms with Gasteiger partial charge in [0.25, 0.3) is 5.91 Å². The van der Waals surface area contributed by atoms with Crippen LogP contribution < -0.4 is 14.8 Å². The van der Waals surface area contributed by atoms with E-state index >= 15 is 0 Å². The molecule has 2 aromatic rings. The van der Waals surface area contributed by atoms with E-state index in [9.17, 15) is 4.79 Å². The van der Waals surface area contributed by atoms with E-state index in [0.717, 1.165) is 23.1 Å². The number of amides is 1. The molecular weight excluding hydrogens is 418 g/mol. The first-order chi connectivity index (χ1) is 13.6. The van der Waals surface area contributed by atoms with Crippen LogP contribution in [0.3, 0.4) is 0 Å². The van der Waals surface area contributed by atoms with E-state index in [1.807, 2.05) is 43.3 Å². The van der Waals surface area contributed by atoms with Crippen LogP contribution in [-0.4, -0.2) is 19.1 Å². The highest BCUT2D eigenvalue weighted by Crippen LogP contribution is 2.25. The van der Waals surface area contributed by atoms with E-state index in [2.05, 4.69) is 28.2 Å². The summed E-state index contributed by atoms with van der Waals surface area (Å²) >= 11 is 3.43. The molecule has 1 N–H and O–H groups in total. The summed E-state index contributed by atoms with van der Waals surface area (Å²) in [6.45, 7) is 5.52. The maximum atomic E-state index is 12.8. The normalized spacial score (nSPS) is 10.5. The molecule has 5 heteroatoms. The van der Waals surface area contributed by atoms with Crippen LogP contribution >= 0.6 is 15.9 Å². The van der Waals surface area contributed by atoms with E-state index in [1.165, 1.54) is 25.7 Å². The molecule has 0 atom stereocenters. The Bertz CT molecular complexity index is 748. The molecule has 0 radical (unpaired) electrons. The van der Waals surface area contributed by atoms with Crippen molar-refractivity contribution in [1.29, 1.82) is 0 Å². The third-order valence-corrected chi connectivity index (χ3v) is 4.75. The SMILES string of the molecule is CCCCCCCOc1cccc(NC(=O)c2cc(Br)ccc2OCCC)c1. The summed E-state index contributed by atoms with van der Waals surface area (Å²) in [5.74, 6) is 1.15. The van der Waals surface area contributed by atoms with Gasteiger partial charge in [-0.2, -0.15) is 0 Å². The van der Waals surface area contributed by atoms with Gasteiger partial charge in [-0.25, -0.2) is 0 Å². The molecule has 0 aromatic heterocycles. The minimum Gasteiger partial charge on any atom is -0.494 e. The monoisotopic (exact) mass is 447 g/mol. The number of halogens is 1. The Balaban J connectivity index is 1.96. The van der Waals surface area contributed by atoms with Crippen LogP contribution in [0.1, 0.15) is 62.7 Å². The summed E-state index contributed by atoms with van der Waals surface area (Å²) in [5, 5.41) is 2.94. The van der Waals surface area contributed by atoms with Gasteiger partial charge in [-0.1, -0.05) is 61.5 Å². The van der Waals surface area contributed by atoms with E-state index in [0.29, 0.717) is 30.2 Å². The first-order valence-electron chi connectivity index (χ1n) is 10.1. The summed E-state index contributed by atoms with van der Waals surface area (Å²) in [7, 11) is 0. The minimum absolute atomic E-state index is 0.205. The number of carbonyl (C=O) groups excluding carboxylic acids is 1. The van der Waals surface area contributed by atoms with Crippen LogP contribution in [0.25, 0.3) is 0 Å². The summed E-state index contributed by atoms with van der Waals surface area (Å²) in [6, 6.07) is 13.0. The predicted octanol–water partition coefficient (Wildman–Crippen LogP) is 6.84.